The average Bonchev–Trinajstić information content (AvgIpc) is 2.53. The first-order valence-electron chi connectivity index (χ1n) is 7.43. The van der Waals surface area contributed by atoms with Crippen LogP contribution in [0.5, 0.6) is 5.75 Å². The van der Waals surface area contributed by atoms with Crippen molar-refractivity contribution in [1.82, 2.24) is 10.6 Å². The highest BCUT2D eigenvalue weighted by Crippen LogP contribution is 2.29. The van der Waals surface area contributed by atoms with Crippen LogP contribution in [0.1, 0.15) is 23.2 Å². The molecule has 23 heavy (non-hydrogen) atoms. The van der Waals surface area contributed by atoms with Crippen LogP contribution in [-0.2, 0) is 4.74 Å². The van der Waals surface area contributed by atoms with Gasteiger partial charge in [-0.3, -0.25) is 14.9 Å². The van der Waals surface area contributed by atoms with Crippen LogP contribution < -0.4 is 10.6 Å². The molecule has 1 fully saturated rings. The van der Waals surface area contributed by atoms with E-state index in [1.54, 1.807) is 7.11 Å². The Labute approximate surface area is 134 Å². The second-order valence-electron chi connectivity index (χ2n) is 5.83. The predicted molar refractivity (Wildman–Crippen MR) is 83.5 cm³/mol. The molecule has 1 amide bonds. The maximum Gasteiger partial charge on any atom is 0.310 e. The number of hydrogen-bond acceptors (Lipinski definition) is 6. The van der Waals surface area contributed by atoms with Crippen LogP contribution in [0.15, 0.2) is 18.2 Å². The number of carbonyl (C=O) groups is 1. The molecule has 3 N–H and O–H groups in total. The number of carbonyl (C=O) groups excluding carboxylic acids is 1. The molecular formula is C15H21N3O5. The number of rotatable bonds is 6. The monoisotopic (exact) mass is 323 g/mol. The van der Waals surface area contributed by atoms with E-state index in [1.807, 2.05) is 0 Å². The lowest BCUT2D eigenvalue weighted by Crippen LogP contribution is -2.47. The quantitative estimate of drug-likeness (QED) is 0.532. The van der Waals surface area contributed by atoms with E-state index in [4.69, 9.17) is 4.74 Å². The molecule has 0 aliphatic carbocycles. The summed E-state index contributed by atoms with van der Waals surface area (Å²) in [5.41, 5.74) is -0.344. The first kappa shape index (κ1) is 17.2. The largest absolute Gasteiger partial charge is 0.502 e. The number of nitro benzene ring substituents is 1. The predicted octanol–water partition coefficient (Wildman–Crippen LogP) is 1.05. The van der Waals surface area contributed by atoms with Crippen LogP contribution in [0, 0.1) is 15.5 Å². The van der Waals surface area contributed by atoms with E-state index < -0.39 is 16.4 Å². The lowest BCUT2D eigenvalue weighted by Gasteiger charge is -2.37. The Bertz CT molecular complexity index is 579. The zero-order chi connectivity index (χ0) is 16.9. The summed E-state index contributed by atoms with van der Waals surface area (Å²) in [5, 5.41) is 26.4. The molecule has 1 saturated heterocycles. The van der Waals surface area contributed by atoms with Crippen molar-refractivity contribution in [3.8, 4) is 5.75 Å². The summed E-state index contributed by atoms with van der Waals surface area (Å²) in [4.78, 5) is 22.2. The van der Waals surface area contributed by atoms with Crippen LogP contribution >= 0.6 is 0 Å². The summed E-state index contributed by atoms with van der Waals surface area (Å²) >= 11 is 0. The zero-order valence-electron chi connectivity index (χ0n) is 13.0. The van der Waals surface area contributed by atoms with Gasteiger partial charge in [-0.1, -0.05) is 0 Å². The number of nitrogens with zero attached hydrogens (tertiary/aromatic N) is 1. The van der Waals surface area contributed by atoms with Crippen molar-refractivity contribution in [3.63, 3.8) is 0 Å². The number of ether oxygens (including phenoxy) is 1. The van der Waals surface area contributed by atoms with Crippen molar-refractivity contribution >= 4 is 11.6 Å². The molecule has 1 aromatic carbocycles. The van der Waals surface area contributed by atoms with Crippen LogP contribution in [-0.4, -0.2) is 49.3 Å². The summed E-state index contributed by atoms with van der Waals surface area (Å²) in [6.07, 6.45) is 1.79. The van der Waals surface area contributed by atoms with Gasteiger partial charge >= 0.3 is 5.69 Å². The number of aromatic hydroxyl groups is 1. The summed E-state index contributed by atoms with van der Waals surface area (Å²) < 4.78 is 5.29. The molecule has 0 aromatic heterocycles. The van der Waals surface area contributed by atoms with E-state index in [2.05, 4.69) is 10.6 Å². The van der Waals surface area contributed by atoms with Crippen molar-refractivity contribution in [1.29, 1.82) is 0 Å². The van der Waals surface area contributed by atoms with Crippen LogP contribution in [0.3, 0.4) is 0 Å². The van der Waals surface area contributed by atoms with E-state index in [0.717, 1.165) is 38.1 Å². The second-order valence-corrected chi connectivity index (χ2v) is 5.83. The second kappa shape index (κ2) is 7.38. The maximum absolute atomic E-state index is 12.2. The first-order valence-corrected chi connectivity index (χ1v) is 7.43. The van der Waals surface area contributed by atoms with E-state index in [0.29, 0.717) is 13.2 Å². The Morgan fingerprint density at radius 1 is 1.48 bits per heavy atom. The fourth-order valence-corrected chi connectivity index (χ4v) is 2.82. The minimum absolute atomic E-state index is 0.113. The maximum atomic E-state index is 12.2. The number of phenols is 1. The van der Waals surface area contributed by atoms with Gasteiger partial charge in [0.25, 0.3) is 5.91 Å². The molecule has 0 spiro atoms. The molecule has 1 aliphatic rings. The van der Waals surface area contributed by atoms with Gasteiger partial charge in [-0.25, -0.2) is 0 Å². The van der Waals surface area contributed by atoms with E-state index in [9.17, 15) is 20.0 Å². The topological polar surface area (TPSA) is 114 Å². The van der Waals surface area contributed by atoms with Crippen molar-refractivity contribution in [2.24, 2.45) is 5.41 Å². The number of hydrogen-bond donors (Lipinski definition) is 3. The Kier molecular flexibility index (Phi) is 5.51. The molecule has 1 aliphatic heterocycles. The number of amides is 1. The Hall–Kier alpha value is -2.19. The van der Waals surface area contributed by atoms with Crippen molar-refractivity contribution < 1.29 is 19.6 Å². The third kappa shape index (κ3) is 4.17. The molecule has 8 nitrogen and oxygen atoms in total. The van der Waals surface area contributed by atoms with Crippen LogP contribution in [0.25, 0.3) is 0 Å². The van der Waals surface area contributed by atoms with Gasteiger partial charge < -0.3 is 20.5 Å². The molecule has 1 aromatic rings. The SMILES string of the molecule is COCC1(CNC(=O)c2ccc([N+](=O)[O-])c(O)c2)CCNCC1. The molecule has 0 unspecified atom stereocenters. The minimum Gasteiger partial charge on any atom is -0.502 e. The van der Waals surface area contributed by atoms with Crippen molar-refractivity contribution in [2.75, 3.05) is 33.4 Å². The van der Waals surface area contributed by atoms with Crippen LogP contribution in [0.4, 0.5) is 5.69 Å². The molecule has 0 saturated carbocycles. The summed E-state index contributed by atoms with van der Waals surface area (Å²) in [5.74, 6) is -0.889. The number of piperidine rings is 1. The first-order chi connectivity index (χ1) is 11.0. The average molecular weight is 323 g/mol. The number of methoxy groups -OCH3 is 1. The van der Waals surface area contributed by atoms with E-state index >= 15 is 0 Å². The van der Waals surface area contributed by atoms with Gasteiger partial charge in [-0.2, -0.15) is 0 Å². The smallest absolute Gasteiger partial charge is 0.310 e. The zero-order valence-corrected chi connectivity index (χ0v) is 13.0. The molecule has 126 valence electrons. The molecule has 0 radical (unpaired) electrons. The van der Waals surface area contributed by atoms with Crippen molar-refractivity contribution in [3.05, 3.63) is 33.9 Å². The number of benzene rings is 1. The highest BCUT2D eigenvalue weighted by atomic mass is 16.6. The lowest BCUT2D eigenvalue weighted by atomic mass is 9.79. The summed E-state index contributed by atoms with van der Waals surface area (Å²) in [7, 11) is 1.64. The van der Waals surface area contributed by atoms with Crippen molar-refractivity contribution in [2.45, 2.75) is 12.8 Å². The minimum atomic E-state index is -0.695. The Morgan fingerprint density at radius 3 is 2.74 bits per heavy atom. The molecule has 8 heteroatoms. The van der Waals surface area contributed by atoms with Gasteiger partial charge in [0.2, 0.25) is 0 Å². The van der Waals surface area contributed by atoms with Gasteiger partial charge in [0.05, 0.1) is 11.5 Å². The highest BCUT2D eigenvalue weighted by molar-refractivity contribution is 5.95. The van der Waals surface area contributed by atoms with Gasteiger partial charge in [0.1, 0.15) is 0 Å². The van der Waals surface area contributed by atoms with Crippen LogP contribution in [0.2, 0.25) is 0 Å². The summed E-state index contributed by atoms with van der Waals surface area (Å²) in [6.45, 7) is 2.76. The lowest BCUT2D eigenvalue weighted by molar-refractivity contribution is -0.385. The molecule has 1 heterocycles. The molecule has 0 bridgehead atoms. The van der Waals surface area contributed by atoms with E-state index in [1.165, 1.54) is 6.07 Å². The summed E-state index contributed by atoms with van der Waals surface area (Å²) in [6, 6.07) is 3.57. The Balaban J connectivity index is 2.03. The normalized spacial score (nSPS) is 16.7. The number of nitrogens with one attached hydrogen (secondary N) is 2. The third-order valence-corrected chi connectivity index (χ3v) is 4.17. The van der Waals surface area contributed by atoms with E-state index in [-0.39, 0.29) is 16.9 Å². The van der Waals surface area contributed by atoms with Gasteiger partial charge in [0.15, 0.2) is 5.75 Å². The van der Waals surface area contributed by atoms with Gasteiger partial charge in [-0.05, 0) is 38.1 Å². The third-order valence-electron chi connectivity index (χ3n) is 4.17. The standard InChI is InChI=1S/C15H21N3O5/c1-23-10-15(4-6-16-7-5-15)9-17-14(20)11-2-3-12(18(21)22)13(19)8-11/h2-3,8,16,19H,4-7,9-10H2,1H3,(H,17,20). The van der Waals surface area contributed by atoms with Gasteiger partial charge in [-0.15, -0.1) is 0 Å². The number of nitro groups is 1. The Morgan fingerprint density at radius 2 is 2.17 bits per heavy atom. The van der Waals surface area contributed by atoms with Gasteiger partial charge in [0, 0.05) is 30.7 Å². The molecule has 2 rings (SSSR count). The fourth-order valence-electron chi connectivity index (χ4n) is 2.82. The molecule has 0 atom stereocenters. The molecular weight excluding hydrogens is 302 g/mol. The fraction of sp³-hybridized carbons (Fsp3) is 0.533. The number of phenolic OH excluding ortho intramolecular Hbond substituents is 1. The highest BCUT2D eigenvalue weighted by Gasteiger charge is 2.32.